The Kier molecular flexibility index (Phi) is 3.96. The molecule has 3 nitrogen and oxygen atoms in total. The van der Waals surface area contributed by atoms with E-state index in [-0.39, 0.29) is 5.91 Å². The van der Waals surface area contributed by atoms with Gasteiger partial charge < -0.3 is 10.6 Å². The average Bonchev–Trinajstić information content (AvgIpc) is 2.82. The van der Waals surface area contributed by atoms with Gasteiger partial charge in [0.25, 0.3) is 0 Å². The van der Waals surface area contributed by atoms with Crippen LogP contribution >= 0.6 is 11.3 Å². The maximum absolute atomic E-state index is 12.0. The molecule has 2 N–H and O–H groups in total. The minimum atomic E-state index is 0.247. The number of carbonyl (C=O) groups excluding carboxylic acids is 1. The van der Waals surface area contributed by atoms with Crippen LogP contribution in [0, 0.1) is 5.92 Å². The van der Waals surface area contributed by atoms with Crippen molar-refractivity contribution in [3.8, 4) is 0 Å². The lowest BCUT2D eigenvalue weighted by atomic mass is 9.98. The standard InChI is InChI=1S/C12H18N2OS/c13-7-11-2-1-4-14(8-11)12(15)6-10-3-5-16-9-10/h3,5,9,11H,1-2,4,6-8,13H2/t11-/m0/s1. The smallest absolute Gasteiger partial charge is 0.227 e. The average molecular weight is 238 g/mol. The molecule has 1 aromatic rings. The Morgan fingerprint density at radius 2 is 2.50 bits per heavy atom. The van der Waals surface area contributed by atoms with Gasteiger partial charge >= 0.3 is 0 Å². The van der Waals surface area contributed by atoms with Crippen molar-refractivity contribution < 1.29 is 4.79 Å². The lowest BCUT2D eigenvalue weighted by Gasteiger charge is -2.32. The number of carbonyl (C=O) groups is 1. The fourth-order valence-corrected chi connectivity index (χ4v) is 2.83. The second-order valence-electron chi connectivity index (χ2n) is 4.39. The maximum atomic E-state index is 12.0. The van der Waals surface area contributed by atoms with Crippen LogP contribution in [0.5, 0.6) is 0 Å². The summed E-state index contributed by atoms with van der Waals surface area (Å²) >= 11 is 1.64. The molecule has 1 aliphatic heterocycles. The SMILES string of the molecule is NC[C@@H]1CCCN(C(=O)Cc2ccsc2)C1. The Morgan fingerprint density at radius 3 is 3.19 bits per heavy atom. The molecule has 1 aliphatic rings. The first kappa shape index (κ1) is 11.6. The number of rotatable bonds is 3. The van der Waals surface area contributed by atoms with Crippen molar-refractivity contribution in [2.24, 2.45) is 11.7 Å². The number of nitrogens with zero attached hydrogens (tertiary/aromatic N) is 1. The van der Waals surface area contributed by atoms with Gasteiger partial charge in [-0.1, -0.05) is 0 Å². The molecule has 0 aromatic carbocycles. The predicted molar refractivity (Wildman–Crippen MR) is 66.4 cm³/mol. The highest BCUT2D eigenvalue weighted by molar-refractivity contribution is 7.07. The zero-order valence-electron chi connectivity index (χ0n) is 9.39. The fraction of sp³-hybridized carbons (Fsp3) is 0.583. The topological polar surface area (TPSA) is 46.3 Å². The number of hydrogen-bond acceptors (Lipinski definition) is 3. The van der Waals surface area contributed by atoms with E-state index >= 15 is 0 Å². The van der Waals surface area contributed by atoms with E-state index in [1.807, 2.05) is 21.7 Å². The van der Waals surface area contributed by atoms with Crippen LogP contribution < -0.4 is 5.73 Å². The highest BCUT2D eigenvalue weighted by atomic mass is 32.1. The van der Waals surface area contributed by atoms with Crippen LogP contribution in [0.1, 0.15) is 18.4 Å². The number of thiophene rings is 1. The largest absolute Gasteiger partial charge is 0.342 e. The minimum absolute atomic E-state index is 0.247. The van der Waals surface area contributed by atoms with Gasteiger partial charge in [0.05, 0.1) is 6.42 Å². The summed E-state index contributed by atoms with van der Waals surface area (Å²) in [5, 5.41) is 4.06. The van der Waals surface area contributed by atoms with Crippen LogP contribution in [0.3, 0.4) is 0 Å². The summed E-state index contributed by atoms with van der Waals surface area (Å²) in [6.07, 6.45) is 2.80. The Bertz CT molecular complexity index is 337. The Hall–Kier alpha value is -0.870. The van der Waals surface area contributed by atoms with Crippen molar-refractivity contribution in [3.05, 3.63) is 22.4 Å². The first-order valence-corrected chi connectivity index (χ1v) is 6.73. The minimum Gasteiger partial charge on any atom is -0.342 e. The molecule has 0 aliphatic carbocycles. The van der Waals surface area contributed by atoms with Crippen molar-refractivity contribution in [3.63, 3.8) is 0 Å². The summed E-state index contributed by atoms with van der Waals surface area (Å²) < 4.78 is 0. The highest BCUT2D eigenvalue weighted by Crippen LogP contribution is 2.17. The molecule has 16 heavy (non-hydrogen) atoms. The third-order valence-electron chi connectivity index (χ3n) is 3.14. The van der Waals surface area contributed by atoms with Crippen LogP contribution in [0.15, 0.2) is 16.8 Å². The molecular formula is C12H18N2OS. The van der Waals surface area contributed by atoms with Gasteiger partial charge in [0, 0.05) is 13.1 Å². The van der Waals surface area contributed by atoms with Crippen molar-refractivity contribution in [1.29, 1.82) is 0 Å². The van der Waals surface area contributed by atoms with Crippen LogP contribution in [0.4, 0.5) is 0 Å². The molecule has 0 bridgehead atoms. The molecule has 4 heteroatoms. The zero-order chi connectivity index (χ0) is 11.4. The van der Waals surface area contributed by atoms with Gasteiger partial charge in [-0.15, -0.1) is 0 Å². The van der Waals surface area contributed by atoms with Gasteiger partial charge in [0.1, 0.15) is 0 Å². The molecule has 1 amide bonds. The summed E-state index contributed by atoms with van der Waals surface area (Å²) in [6.45, 7) is 2.45. The lowest BCUT2D eigenvalue weighted by molar-refractivity contribution is -0.132. The third-order valence-corrected chi connectivity index (χ3v) is 3.87. The molecule has 1 atom stereocenters. The zero-order valence-corrected chi connectivity index (χ0v) is 10.2. The van der Waals surface area contributed by atoms with Crippen molar-refractivity contribution in [2.75, 3.05) is 19.6 Å². The molecule has 0 saturated carbocycles. The quantitative estimate of drug-likeness (QED) is 0.867. The highest BCUT2D eigenvalue weighted by Gasteiger charge is 2.22. The van der Waals surface area contributed by atoms with E-state index in [0.717, 1.165) is 25.1 Å². The van der Waals surface area contributed by atoms with Gasteiger partial charge in [0.15, 0.2) is 0 Å². The molecule has 0 unspecified atom stereocenters. The summed E-state index contributed by atoms with van der Waals surface area (Å²) in [5.74, 6) is 0.747. The van der Waals surface area contributed by atoms with Gasteiger partial charge in [-0.25, -0.2) is 0 Å². The van der Waals surface area contributed by atoms with Gasteiger partial charge in [0.2, 0.25) is 5.91 Å². The maximum Gasteiger partial charge on any atom is 0.227 e. The van der Waals surface area contributed by atoms with Gasteiger partial charge in [-0.05, 0) is 47.7 Å². The number of nitrogens with two attached hydrogens (primary N) is 1. The van der Waals surface area contributed by atoms with E-state index in [4.69, 9.17) is 5.73 Å². The van der Waals surface area contributed by atoms with E-state index in [9.17, 15) is 4.79 Å². The van der Waals surface area contributed by atoms with E-state index < -0.39 is 0 Å². The summed E-state index contributed by atoms with van der Waals surface area (Å²) in [6, 6.07) is 2.02. The molecule has 1 aromatic heterocycles. The van der Waals surface area contributed by atoms with Crippen LogP contribution in [0.25, 0.3) is 0 Å². The lowest BCUT2D eigenvalue weighted by Crippen LogP contribution is -2.42. The molecule has 88 valence electrons. The second kappa shape index (κ2) is 5.46. The van der Waals surface area contributed by atoms with Crippen LogP contribution in [0.2, 0.25) is 0 Å². The number of piperidine rings is 1. The molecule has 2 rings (SSSR count). The van der Waals surface area contributed by atoms with Crippen molar-refractivity contribution >= 4 is 17.2 Å². The normalized spacial score (nSPS) is 21.1. The van der Waals surface area contributed by atoms with Gasteiger partial charge in [-0.3, -0.25) is 4.79 Å². The van der Waals surface area contributed by atoms with Crippen LogP contribution in [-0.2, 0) is 11.2 Å². The van der Waals surface area contributed by atoms with Crippen molar-refractivity contribution in [1.82, 2.24) is 4.90 Å². The van der Waals surface area contributed by atoms with Crippen molar-refractivity contribution in [2.45, 2.75) is 19.3 Å². The molecular weight excluding hydrogens is 220 g/mol. The summed E-state index contributed by atoms with van der Waals surface area (Å²) in [7, 11) is 0. The first-order valence-electron chi connectivity index (χ1n) is 5.78. The summed E-state index contributed by atoms with van der Waals surface area (Å²) in [4.78, 5) is 14.0. The molecule has 1 saturated heterocycles. The molecule has 0 radical (unpaired) electrons. The fourth-order valence-electron chi connectivity index (χ4n) is 2.16. The predicted octanol–water partition coefficient (Wildman–Crippen LogP) is 1.49. The molecule has 2 heterocycles. The third kappa shape index (κ3) is 2.83. The van der Waals surface area contributed by atoms with E-state index in [2.05, 4.69) is 0 Å². The Labute approximate surface area is 100 Å². The summed E-state index contributed by atoms with van der Waals surface area (Å²) in [5.41, 5.74) is 6.79. The van der Waals surface area contributed by atoms with Gasteiger partial charge in [-0.2, -0.15) is 11.3 Å². The monoisotopic (exact) mass is 238 g/mol. The molecule has 0 spiro atoms. The Balaban J connectivity index is 1.89. The second-order valence-corrected chi connectivity index (χ2v) is 5.17. The number of amides is 1. The van der Waals surface area contributed by atoms with Crippen LogP contribution in [-0.4, -0.2) is 30.4 Å². The first-order chi connectivity index (χ1) is 7.79. The molecule has 1 fully saturated rings. The number of likely N-dealkylation sites (tertiary alicyclic amines) is 1. The van der Waals surface area contributed by atoms with E-state index in [0.29, 0.717) is 18.9 Å². The van der Waals surface area contributed by atoms with E-state index in [1.165, 1.54) is 6.42 Å². The van der Waals surface area contributed by atoms with E-state index in [1.54, 1.807) is 11.3 Å². The number of hydrogen-bond donors (Lipinski definition) is 1. The Morgan fingerprint density at radius 1 is 1.62 bits per heavy atom.